The minimum atomic E-state index is -0.697. The molecule has 1 amide bonds. The highest BCUT2D eigenvalue weighted by atomic mass is 19.1. The van der Waals surface area contributed by atoms with E-state index in [2.05, 4.69) is 5.32 Å². The number of rotatable bonds is 3. The number of amides is 1. The van der Waals surface area contributed by atoms with Gasteiger partial charge in [0.1, 0.15) is 11.6 Å². The summed E-state index contributed by atoms with van der Waals surface area (Å²) < 4.78 is 27.3. The van der Waals surface area contributed by atoms with E-state index in [1.807, 2.05) is 12.1 Å². The molecule has 0 heterocycles. The minimum absolute atomic E-state index is 0.137. The lowest BCUT2D eigenvalue weighted by atomic mass is 9.87. The zero-order chi connectivity index (χ0) is 16.4. The Bertz CT molecular complexity index is 726. The van der Waals surface area contributed by atoms with Crippen molar-refractivity contribution in [2.75, 3.05) is 5.73 Å². The number of anilines is 1. The molecule has 0 radical (unpaired) electrons. The number of carbonyl (C=O) groups is 1. The first kappa shape index (κ1) is 15.5. The lowest BCUT2D eigenvalue weighted by Gasteiger charge is -2.26. The molecule has 120 valence electrons. The van der Waals surface area contributed by atoms with E-state index >= 15 is 0 Å². The molecule has 2 aromatic rings. The molecule has 3 rings (SSSR count). The fourth-order valence-corrected chi connectivity index (χ4v) is 3.09. The van der Waals surface area contributed by atoms with Gasteiger partial charge in [-0.3, -0.25) is 4.79 Å². The number of halogens is 2. The predicted molar refractivity (Wildman–Crippen MR) is 84.7 cm³/mol. The van der Waals surface area contributed by atoms with Gasteiger partial charge in [0.25, 0.3) is 0 Å². The van der Waals surface area contributed by atoms with E-state index < -0.39 is 11.6 Å². The molecule has 2 aromatic carbocycles. The van der Waals surface area contributed by atoms with E-state index in [4.69, 9.17) is 5.73 Å². The molecule has 0 saturated heterocycles. The lowest BCUT2D eigenvalue weighted by molar-refractivity contribution is -0.121. The van der Waals surface area contributed by atoms with Crippen molar-refractivity contribution >= 4 is 11.6 Å². The smallest absolute Gasteiger partial charge is 0.225 e. The Morgan fingerprint density at radius 1 is 1.22 bits per heavy atom. The maximum Gasteiger partial charge on any atom is 0.225 e. The molecule has 3 N–H and O–H groups in total. The first-order valence-electron chi connectivity index (χ1n) is 7.65. The number of benzene rings is 2. The average Bonchev–Trinajstić information content (AvgIpc) is 2.51. The van der Waals surface area contributed by atoms with E-state index in [1.54, 1.807) is 6.07 Å². The third-order valence-electron chi connectivity index (χ3n) is 4.22. The van der Waals surface area contributed by atoms with E-state index in [0.717, 1.165) is 42.5 Å². The Morgan fingerprint density at radius 3 is 2.70 bits per heavy atom. The molecular weight excluding hydrogens is 298 g/mol. The Labute approximate surface area is 133 Å². The van der Waals surface area contributed by atoms with Crippen LogP contribution in [0.1, 0.15) is 35.6 Å². The molecule has 5 heteroatoms. The SMILES string of the molecule is Nc1ccc2c(c1)CCCC2NC(=O)Cc1c(F)cccc1F. The third kappa shape index (κ3) is 3.33. The summed E-state index contributed by atoms with van der Waals surface area (Å²) >= 11 is 0. The van der Waals surface area contributed by atoms with Crippen molar-refractivity contribution in [3.05, 3.63) is 64.7 Å². The molecule has 0 saturated carbocycles. The maximum absolute atomic E-state index is 13.6. The molecule has 1 unspecified atom stereocenters. The van der Waals surface area contributed by atoms with E-state index in [-0.39, 0.29) is 23.9 Å². The highest BCUT2D eigenvalue weighted by molar-refractivity contribution is 5.79. The molecule has 1 atom stereocenters. The molecule has 23 heavy (non-hydrogen) atoms. The van der Waals surface area contributed by atoms with Gasteiger partial charge in [-0.05, 0) is 54.7 Å². The van der Waals surface area contributed by atoms with Gasteiger partial charge < -0.3 is 11.1 Å². The number of nitrogens with one attached hydrogen (secondary N) is 1. The number of hydrogen-bond donors (Lipinski definition) is 2. The number of nitrogen functional groups attached to an aromatic ring is 1. The number of carbonyl (C=O) groups excluding carboxylic acids is 1. The first-order valence-corrected chi connectivity index (χ1v) is 7.65. The Hall–Kier alpha value is -2.43. The summed E-state index contributed by atoms with van der Waals surface area (Å²) in [5.74, 6) is -1.78. The topological polar surface area (TPSA) is 55.1 Å². The maximum atomic E-state index is 13.6. The molecule has 3 nitrogen and oxygen atoms in total. The summed E-state index contributed by atoms with van der Waals surface area (Å²) in [6.07, 6.45) is 2.37. The molecule has 0 spiro atoms. The second kappa shape index (κ2) is 6.36. The molecular formula is C18H18F2N2O. The Balaban J connectivity index is 1.75. The van der Waals surface area contributed by atoms with Crippen LogP contribution < -0.4 is 11.1 Å². The second-order valence-electron chi connectivity index (χ2n) is 5.85. The fourth-order valence-electron chi connectivity index (χ4n) is 3.09. The Kier molecular flexibility index (Phi) is 4.28. The van der Waals surface area contributed by atoms with Gasteiger partial charge in [-0.15, -0.1) is 0 Å². The van der Waals surface area contributed by atoms with Crippen LogP contribution in [0.3, 0.4) is 0 Å². The van der Waals surface area contributed by atoms with Crippen molar-refractivity contribution < 1.29 is 13.6 Å². The van der Waals surface area contributed by atoms with Crippen LogP contribution in [0.2, 0.25) is 0 Å². The number of fused-ring (bicyclic) bond motifs is 1. The molecule has 0 aliphatic heterocycles. The standard InChI is InChI=1S/C18H18F2N2O/c19-15-4-2-5-16(20)14(15)10-18(23)22-17-6-1-3-11-9-12(21)7-8-13(11)17/h2,4-5,7-9,17H,1,3,6,10,21H2,(H,22,23). The summed E-state index contributed by atoms with van der Waals surface area (Å²) in [5.41, 5.74) is 8.45. The van der Waals surface area contributed by atoms with Gasteiger partial charge in [0.2, 0.25) is 5.91 Å². The molecule has 0 aromatic heterocycles. The zero-order valence-corrected chi connectivity index (χ0v) is 12.6. The van der Waals surface area contributed by atoms with Gasteiger partial charge in [-0.1, -0.05) is 12.1 Å². The Morgan fingerprint density at radius 2 is 1.96 bits per heavy atom. The molecule has 1 aliphatic carbocycles. The number of hydrogen-bond acceptors (Lipinski definition) is 2. The van der Waals surface area contributed by atoms with E-state index in [0.29, 0.717) is 5.69 Å². The molecule has 1 aliphatic rings. The van der Waals surface area contributed by atoms with Gasteiger partial charge in [-0.2, -0.15) is 0 Å². The highest BCUT2D eigenvalue weighted by Crippen LogP contribution is 2.31. The highest BCUT2D eigenvalue weighted by Gasteiger charge is 2.23. The summed E-state index contributed by atoms with van der Waals surface area (Å²) in [7, 11) is 0. The van der Waals surface area contributed by atoms with Gasteiger partial charge in [0.05, 0.1) is 12.5 Å². The van der Waals surface area contributed by atoms with Crippen LogP contribution in [0, 0.1) is 11.6 Å². The normalized spacial score (nSPS) is 16.7. The van der Waals surface area contributed by atoms with Crippen molar-refractivity contribution in [3.8, 4) is 0 Å². The zero-order valence-electron chi connectivity index (χ0n) is 12.6. The van der Waals surface area contributed by atoms with Crippen LogP contribution in [0.15, 0.2) is 36.4 Å². The van der Waals surface area contributed by atoms with Crippen molar-refractivity contribution in [2.45, 2.75) is 31.7 Å². The average molecular weight is 316 g/mol. The lowest BCUT2D eigenvalue weighted by Crippen LogP contribution is -2.32. The summed E-state index contributed by atoms with van der Waals surface area (Å²) in [6.45, 7) is 0. The van der Waals surface area contributed by atoms with Crippen LogP contribution >= 0.6 is 0 Å². The van der Waals surface area contributed by atoms with Crippen molar-refractivity contribution in [3.63, 3.8) is 0 Å². The van der Waals surface area contributed by atoms with Crippen molar-refractivity contribution in [2.24, 2.45) is 0 Å². The van der Waals surface area contributed by atoms with Crippen molar-refractivity contribution in [1.29, 1.82) is 0 Å². The molecule has 0 fully saturated rings. The van der Waals surface area contributed by atoms with Crippen LogP contribution in [-0.2, 0) is 17.6 Å². The number of aryl methyl sites for hydroxylation is 1. The predicted octanol–water partition coefficient (Wildman–Crippen LogP) is 3.28. The first-order chi connectivity index (χ1) is 11.0. The van der Waals surface area contributed by atoms with Crippen LogP contribution in [0.5, 0.6) is 0 Å². The second-order valence-corrected chi connectivity index (χ2v) is 5.85. The summed E-state index contributed by atoms with van der Waals surface area (Å²) in [4.78, 5) is 12.2. The third-order valence-corrected chi connectivity index (χ3v) is 4.22. The number of nitrogens with two attached hydrogens (primary N) is 1. The largest absolute Gasteiger partial charge is 0.399 e. The van der Waals surface area contributed by atoms with Crippen LogP contribution in [0.25, 0.3) is 0 Å². The fraction of sp³-hybridized carbons (Fsp3) is 0.278. The van der Waals surface area contributed by atoms with Crippen molar-refractivity contribution in [1.82, 2.24) is 5.32 Å². The van der Waals surface area contributed by atoms with Gasteiger partial charge in [-0.25, -0.2) is 8.78 Å². The van der Waals surface area contributed by atoms with Crippen LogP contribution in [-0.4, -0.2) is 5.91 Å². The van der Waals surface area contributed by atoms with Gasteiger partial charge in [0.15, 0.2) is 0 Å². The monoisotopic (exact) mass is 316 g/mol. The van der Waals surface area contributed by atoms with Crippen LogP contribution in [0.4, 0.5) is 14.5 Å². The van der Waals surface area contributed by atoms with Gasteiger partial charge in [0, 0.05) is 11.3 Å². The quantitative estimate of drug-likeness (QED) is 0.854. The van der Waals surface area contributed by atoms with E-state index in [9.17, 15) is 13.6 Å². The minimum Gasteiger partial charge on any atom is -0.399 e. The summed E-state index contributed by atoms with van der Waals surface area (Å²) in [6, 6.07) is 9.10. The molecule has 0 bridgehead atoms. The van der Waals surface area contributed by atoms with Gasteiger partial charge >= 0.3 is 0 Å². The summed E-state index contributed by atoms with van der Waals surface area (Å²) in [5, 5.41) is 2.88. The van der Waals surface area contributed by atoms with E-state index in [1.165, 1.54) is 6.07 Å².